The summed E-state index contributed by atoms with van der Waals surface area (Å²) in [5.41, 5.74) is 5.62. The molecule has 1 aromatic heterocycles. The monoisotopic (exact) mass is 252 g/mol. The summed E-state index contributed by atoms with van der Waals surface area (Å²) in [6.07, 6.45) is 2.72. The fraction of sp³-hybridized carbons (Fsp3) is 0.600. The van der Waals surface area contributed by atoms with Crippen LogP contribution in [0, 0.1) is 5.41 Å². The van der Waals surface area contributed by atoms with Crippen LogP contribution in [-0.2, 0) is 0 Å². The van der Waals surface area contributed by atoms with Crippen molar-refractivity contribution in [2.24, 2.45) is 16.3 Å². The maximum atomic E-state index is 12.0. The molecule has 1 aliphatic rings. The van der Waals surface area contributed by atoms with Gasteiger partial charge < -0.3 is 15.8 Å². The van der Waals surface area contributed by atoms with Crippen LogP contribution in [0.5, 0.6) is 0 Å². The number of rotatable bonds is 2. The maximum absolute atomic E-state index is 12.0. The summed E-state index contributed by atoms with van der Waals surface area (Å²) in [6.45, 7) is 3.04. The van der Waals surface area contributed by atoms with Gasteiger partial charge in [0, 0.05) is 18.5 Å². The number of amides is 1. The molecule has 0 unspecified atom stereocenters. The summed E-state index contributed by atoms with van der Waals surface area (Å²) in [7, 11) is 0. The van der Waals surface area contributed by atoms with Crippen molar-refractivity contribution in [2.45, 2.75) is 19.8 Å². The van der Waals surface area contributed by atoms with Gasteiger partial charge in [0.15, 0.2) is 5.69 Å². The lowest BCUT2D eigenvalue weighted by molar-refractivity contribution is 0.0660. The number of hydrogen-bond donors (Lipinski definition) is 3. The summed E-state index contributed by atoms with van der Waals surface area (Å²) in [4.78, 5) is 13.7. The number of aromatic amines is 1. The zero-order valence-electron chi connectivity index (χ0n) is 10.1. The fourth-order valence-corrected chi connectivity index (χ4v) is 2.05. The van der Waals surface area contributed by atoms with Gasteiger partial charge in [-0.3, -0.25) is 4.79 Å². The Bertz CT molecular complexity index is 447. The Morgan fingerprint density at radius 2 is 2.28 bits per heavy atom. The molecule has 1 saturated heterocycles. The van der Waals surface area contributed by atoms with Crippen molar-refractivity contribution in [1.82, 2.24) is 20.3 Å². The number of nitrogens with zero attached hydrogens (tertiary/aromatic N) is 4. The molecule has 98 valence electrons. The highest BCUT2D eigenvalue weighted by Crippen LogP contribution is 2.31. The van der Waals surface area contributed by atoms with E-state index >= 15 is 0 Å². The van der Waals surface area contributed by atoms with Crippen LogP contribution in [0.4, 0.5) is 0 Å². The van der Waals surface area contributed by atoms with Crippen LogP contribution in [0.25, 0.3) is 0 Å². The highest BCUT2D eigenvalue weighted by atomic mass is 16.4. The Morgan fingerprint density at radius 3 is 2.78 bits per heavy atom. The number of nitrogens with two attached hydrogens (primary N) is 1. The second kappa shape index (κ2) is 4.63. The second-order valence-corrected chi connectivity index (χ2v) is 4.69. The standard InChI is InChI=1S/C10H16N6O2/c1-10(9(11)14-18)2-4-16(5-3-10)8(17)7-6-12-15-13-7/h6,18H,2-5H2,1H3,(H2,11,14)(H,12,13,15). The highest BCUT2D eigenvalue weighted by molar-refractivity contribution is 5.92. The molecule has 0 saturated carbocycles. The Labute approximate surface area is 104 Å². The molecule has 0 radical (unpaired) electrons. The number of piperidine rings is 1. The van der Waals surface area contributed by atoms with E-state index < -0.39 is 0 Å². The van der Waals surface area contributed by atoms with E-state index in [-0.39, 0.29) is 17.2 Å². The summed E-state index contributed by atoms with van der Waals surface area (Å²) in [5.74, 6) is 0.0707. The van der Waals surface area contributed by atoms with Crippen LogP contribution in [0.1, 0.15) is 30.3 Å². The lowest BCUT2D eigenvalue weighted by Gasteiger charge is -2.38. The lowest BCUT2D eigenvalue weighted by atomic mass is 9.79. The smallest absolute Gasteiger partial charge is 0.276 e. The van der Waals surface area contributed by atoms with E-state index in [0.29, 0.717) is 31.6 Å². The van der Waals surface area contributed by atoms with Gasteiger partial charge in [-0.25, -0.2) is 0 Å². The largest absolute Gasteiger partial charge is 0.409 e. The van der Waals surface area contributed by atoms with Gasteiger partial charge in [0.2, 0.25) is 0 Å². The Morgan fingerprint density at radius 1 is 1.61 bits per heavy atom. The normalized spacial score (nSPS) is 19.8. The number of aromatic nitrogens is 3. The molecule has 8 heteroatoms. The number of carbonyl (C=O) groups is 1. The molecule has 0 aromatic carbocycles. The van der Waals surface area contributed by atoms with Crippen LogP contribution >= 0.6 is 0 Å². The lowest BCUT2D eigenvalue weighted by Crippen LogP contribution is -2.47. The van der Waals surface area contributed by atoms with E-state index in [9.17, 15) is 4.79 Å². The van der Waals surface area contributed by atoms with Gasteiger partial charge in [-0.05, 0) is 12.8 Å². The number of carbonyl (C=O) groups excluding carboxylic acids is 1. The predicted molar refractivity (Wildman–Crippen MR) is 63.0 cm³/mol. The third kappa shape index (κ3) is 2.13. The van der Waals surface area contributed by atoms with Crippen LogP contribution in [0.3, 0.4) is 0 Å². The average Bonchev–Trinajstić information content (AvgIpc) is 2.91. The first-order valence-corrected chi connectivity index (χ1v) is 5.70. The molecule has 2 rings (SSSR count). The molecule has 1 aliphatic heterocycles. The molecule has 1 aromatic rings. The van der Waals surface area contributed by atoms with Crippen LogP contribution in [-0.4, -0.2) is 50.4 Å². The SMILES string of the molecule is CC1(C(N)=NO)CCN(C(=O)c2cn[nH]n2)CC1. The Hall–Kier alpha value is -2.12. The molecule has 8 nitrogen and oxygen atoms in total. The zero-order valence-corrected chi connectivity index (χ0v) is 10.1. The molecular weight excluding hydrogens is 236 g/mol. The van der Waals surface area contributed by atoms with E-state index in [4.69, 9.17) is 10.9 Å². The van der Waals surface area contributed by atoms with Crippen molar-refractivity contribution in [3.63, 3.8) is 0 Å². The minimum absolute atomic E-state index is 0.148. The number of likely N-dealkylation sites (tertiary alicyclic amines) is 1. The molecule has 4 N–H and O–H groups in total. The topological polar surface area (TPSA) is 120 Å². The van der Waals surface area contributed by atoms with Gasteiger partial charge in [-0.1, -0.05) is 12.1 Å². The van der Waals surface area contributed by atoms with Gasteiger partial charge in [0.1, 0.15) is 5.84 Å². The number of amidine groups is 1. The number of hydrogen-bond acceptors (Lipinski definition) is 5. The van der Waals surface area contributed by atoms with Crippen molar-refractivity contribution in [3.8, 4) is 0 Å². The van der Waals surface area contributed by atoms with Crippen molar-refractivity contribution in [1.29, 1.82) is 0 Å². The van der Waals surface area contributed by atoms with Gasteiger partial charge in [-0.15, -0.1) is 0 Å². The van der Waals surface area contributed by atoms with E-state index in [2.05, 4.69) is 20.6 Å². The second-order valence-electron chi connectivity index (χ2n) is 4.69. The summed E-state index contributed by atoms with van der Waals surface area (Å²) in [6, 6.07) is 0. The first kappa shape index (κ1) is 12.3. The third-order valence-electron chi connectivity index (χ3n) is 3.51. The highest BCUT2D eigenvalue weighted by Gasteiger charge is 2.36. The fourth-order valence-electron chi connectivity index (χ4n) is 2.05. The van der Waals surface area contributed by atoms with Gasteiger partial charge >= 0.3 is 0 Å². The van der Waals surface area contributed by atoms with E-state index in [1.807, 2.05) is 6.92 Å². The van der Waals surface area contributed by atoms with Crippen molar-refractivity contribution >= 4 is 11.7 Å². The quantitative estimate of drug-likeness (QED) is 0.291. The maximum Gasteiger partial charge on any atom is 0.276 e. The molecule has 0 atom stereocenters. The summed E-state index contributed by atoms with van der Waals surface area (Å²) in [5, 5.41) is 21.6. The van der Waals surface area contributed by atoms with Crippen LogP contribution in [0.2, 0.25) is 0 Å². The molecule has 0 aliphatic carbocycles. The number of oxime groups is 1. The Kier molecular flexibility index (Phi) is 3.17. The minimum Gasteiger partial charge on any atom is -0.409 e. The third-order valence-corrected chi connectivity index (χ3v) is 3.51. The average molecular weight is 252 g/mol. The van der Waals surface area contributed by atoms with Crippen molar-refractivity contribution < 1.29 is 10.0 Å². The first-order valence-electron chi connectivity index (χ1n) is 5.70. The van der Waals surface area contributed by atoms with E-state index in [1.54, 1.807) is 4.90 Å². The van der Waals surface area contributed by atoms with Crippen LogP contribution in [0.15, 0.2) is 11.4 Å². The molecule has 1 fully saturated rings. The van der Waals surface area contributed by atoms with E-state index in [1.165, 1.54) is 6.20 Å². The van der Waals surface area contributed by atoms with Gasteiger partial charge in [0.25, 0.3) is 5.91 Å². The Balaban J connectivity index is 2.01. The zero-order chi connectivity index (χ0) is 13.2. The van der Waals surface area contributed by atoms with Gasteiger partial charge in [0.05, 0.1) is 6.20 Å². The molecular formula is C10H16N6O2. The molecule has 0 bridgehead atoms. The number of nitrogens with one attached hydrogen (secondary N) is 1. The van der Waals surface area contributed by atoms with E-state index in [0.717, 1.165) is 0 Å². The molecule has 18 heavy (non-hydrogen) atoms. The molecule has 1 amide bonds. The predicted octanol–water partition coefficient (Wildman–Crippen LogP) is -0.207. The van der Waals surface area contributed by atoms with Crippen LogP contribution < -0.4 is 5.73 Å². The summed E-state index contributed by atoms with van der Waals surface area (Å²) >= 11 is 0. The minimum atomic E-state index is -0.352. The summed E-state index contributed by atoms with van der Waals surface area (Å²) < 4.78 is 0. The molecule has 2 heterocycles. The van der Waals surface area contributed by atoms with Gasteiger partial charge in [-0.2, -0.15) is 15.4 Å². The molecule has 0 spiro atoms. The number of H-pyrrole nitrogens is 1. The van der Waals surface area contributed by atoms with Crippen molar-refractivity contribution in [2.75, 3.05) is 13.1 Å². The first-order chi connectivity index (χ1) is 8.57. The van der Waals surface area contributed by atoms with Crippen molar-refractivity contribution in [3.05, 3.63) is 11.9 Å².